The van der Waals surface area contributed by atoms with Gasteiger partial charge in [-0.3, -0.25) is 0 Å². The normalized spacial score (nSPS) is 17.0. The van der Waals surface area contributed by atoms with E-state index in [9.17, 15) is 0 Å². The summed E-state index contributed by atoms with van der Waals surface area (Å²) >= 11 is 5.15. The van der Waals surface area contributed by atoms with E-state index in [4.69, 9.17) is 12.2 Å². The highest BCUT2D eigenvalue weighted by atomic mass is 32.1. The van der Waals surface area contributed by atoms with Crippen molar-refractivity contribution >= 4 is 12.2 Å². The molecule has 0 aliphatic heterocycles. The predicted molar refractivity (Wildman–Crippen MR) is 65.9 cm³/mol. The van der Waals surface area contributed by atoms with E-state index >= 15 is 0 Å². The number of hydrogen-bond donors (Lipinski definition) is 1. The monoisotopic (exact) mass is 228 g/mol. The first-order chi connectivity index (χ1) is 7.81. The number of rotatable bonds is 2. The highest BCUT2D eigenvalue weighted by Crippen LogP contribution is 2.51. The number of H-pyrrole nitrogens is 1. The minimum absolute atomic E-state index is 0.0933. The molecule has 1 aliphatic carbocycles. The average molecular weight is 228 g/mol. The summed E-state index contributed by atoms with van der Waals surface area (Å²) in [4.78, 5) is 7.64. The molecule has 0 bridgehead atoms. The van der Waals surface area contributed by atoms with Crippen LogP contribution >= 0.6 is 12.2 Å². The second-order valence-electron chi connectivity index (χ2n) is 4.23. The van der Waals surface area contributed by atoms with Gasteiger partial charge in [0, 0.05) is 6.20 Å². The van der Waals surface area contributed by atoms with Gasteiger partial charge < -0.3 is 4.98 Å². The number of aromatic nitrogens is 2. The van der Waals surface area contributed by atoms with Gasteiger partial charge in [-0.15, -0.1) is 0 Å². The molecule has 2 aromatic rings. The SMILES string of the molecule is S=c1ccnc(C2(c3ccccc3)CC2)[nH]1. The van der Waals surface area contributed by atoms with Crippen molar-refractivity contribution in [3.05, 3.63) is 58.6 Å². The molecule has 0 saturated heterocycles. The molecule has 0 spiro atoms. The average Bonchev–Trinajstić information content (AvgIpc) is 3.11. The fraction of sp³-hybridized carbons (Fsp3) is 0.231. The van der Waals surface area contributed by atoms with Crippen LogP contribution < -0.4 is 0 Å². The van der Waals surface area contributed by atoms with Gasteiger partial charge in [-0.25, -0.2) is 4.98 Å². The zero-order valence-electron chi connectivity index (χ0n) is 8.81. The lowest BCUT2D eigenvalue weighted by atomic mass is 9.95. The maximum Gasteiger partial charge on any atom is 0.117 e. The van der Waals surface area contributed by atoms with Crippen LogP contribution in [0.4, 0.5) is 0 Å². The minimum atomic E-state index is 0.0933. The van der Waals surface area contributed by atoms with Crippen molar-refractivity contribution in [2.45, 2.75) is 18.3 Å². The smallest absolute Gasteiger partial charge is 0.117 e. The zero-order chi connectivity index (χ0) is 11.0. The standard InChI is InChI=1S/C13H12N2S/c16-11-6-9-14-12(15-11)13(7-8-13)10-4-2-1-3-5-10/h1-6,9H,7-8H2,(H,14,15,16). The van der Waals surface area contributed by atoms with Crippen LogP contribution in [0.15, 0.2) is 42.6 Å². The van der Waals surface area contributed by atoms with Crippen LogP contribution in [0.25, 0.3) is 0 Å². The van der Waals surface area contributed by atoms with E-state index in [0.717, 1.165) is 23.3 Å². The molecule has 0 atom stereocenters. The van der Waals surface area contributed by atoms with Crippen LogP contribution in [0.3, 0.4) is 0 Å². The first-order valence-corrected chi connectivity index (χ1v) is 5.83. The van der Waals surface area contributed by atoms with Gasteiger partial charge in [0.05, 0.1) is 5.41 Å². The Balaban J connectivity index is 2.10. The highest BCUT2D eigenvalue weighted by molar-refractivity contribution is 7.71. The molecule has 1 fully saturated rings. The molecule has 3 rings (SSSR count). The summed E-state index contributed by atoms with van der Waals surface area (Å²) in [6.45, 7) is 0. The third-order valence-electron chi connectivity index (χ3n) is 3.20. The summed E-state index contributed by atoms with van der Waals surface area (Å²) in [5, 5.41) is 0. The van der Waals surface area contributed by atoms with Crippen LogP contribution in [0.1, 0.15) is 24.2 Å². The fourth-order valence-corrected chi connectivity index (χ4v) is 2.32. The molecule has 1 aromatic carbocycles. The van der Waals surface area contributed by atoms with Crippen LogP contribution in [0.2, 0.25) is 0 Å². The fourth-order valence-electron chi connectivity index (χ4n) is 2.16. The van der Waals surface area contributed by atoms with E-state index in [-0.39, 0.29) is 5.41 Å². The van der Waals surface area contributed by atoms with Crippen LogP contribution in [-0.2, 0) is 5.41 Å². The van der Waals surface area contributed by atoms with Crippen molar-refractivity contribution in [2.24, 2.45) is 0 Å². The van der Waals surface area contributed by atoms with Crippen molar-refractivity contribution in [2.75, 3.05) is 0 Å². The molecule has 80 valence electrons. The third-order valence-corrected chi connectivity index (χ3v) is 3.44. The van der Waals surface area contributed by atoms with E-state index < -0.39 is 0 Å². The molecule has 1 aromatic heterocycles. The molecule has 3 heteroatoms. The van der Waals surface area contributed by atoms with E-state index in [2.05, 4.69) is 34.2 Å². The Labute approximate surface area is 99.4 Å². The number of aromatic amines is 1. The third kappa shape index (κ3) is 1.48. The summed E-state index contributed by atoms with van der Waals surface area (Å²) in [5.74, 6) is 1.01. The Morgan fingerprint density at radius 3 is 2.50 bits per heavy atom. The summed E-state index contributed by atoms with van der Waals surface area (Å²) in [5.41, 5.74) is 1.43. The molecule has 2 nitrogen and oxygen atoms in total. The van der Waals surface area contributed by atoms with Crippen molar-refractivity contribution in [1.29, 1.82) is 0 Å². The number of hydrogen-bond acceptors (Lipinski definition) is 2. The Hall–Kier alpha value is -1.48. The quantitative estimate of drug-likeness (QED) is 0.799. The number of benzene rings is 1. The lowest BCUT2D eigenvalue weighted by Crippen LogP contribution is -2.12. The second-order valence-corrected chi connectivity index (χ2v) is 4.67. The van der Waals surface area contributed by atoms with Crippen LogP contribution in [0.5, 0.6) is 0 Å². The predicted octanol–water partition coefficient (Wildman–Crippen LogP) is 3.22. The van der Waals surface area contributed by atoms with Gasteiger partial charge in [0.2, 0.25) is 0 Å². The summed E-state index contributed by atoms with van der Waals surface area (Å²) < 4.78 is 0.757. The Bertz CT molecular complexity index is 555. The molecule has 0 radical (unpaired) electrons. The van der Waals surface area contributed by atoms with Crippen LogP contribution in [0, 0.1) is 4.64 Å². The zero-order valence-corrected chi connectivity index (χ0v) is 9.63. The second kappa shape index (κ2) is 3.52. The molecule has 1 heterocycles. The largest absolute Gasteiger partial charge is 0.334 e. The molecular weight excluding hydrogens is 216 g/mol. The first kappa shape index (κ1) is 9.73. The molecule has 16 heavy (non-hydrogen) atoms. The Morgan fingerprint density at radius 2 is 1.88 bits per heavy atom. The molecule has 1 N–H and O–H groups in total. The van der Waals surface area contributed by atoms with Crippen molar-refractivity contribution in [3.63, 3.8) is 0 Å². The van der Waals surface area contributed by atoms with Gasteiger partial charge in [-0.2, -0.15) is 0 Å². The van der Waals surface area contributed by atoms with Gasteiger partial charge in [-0.1, -0.05) is 42.5 Å². The van der Waals surface area contributed by atoms with E-state index in [1.54, 1.807) is 6.20 Å². The van der Waals surface area contributed by atoms with Crippen molar-refractivity contribution in [1.82, 2.24) is 9.97 Å². The van der Waals surface area contributed by atoms with E-state index in [0.29, 0.717) is 0 Å². The van der Waals surface area contributed by atoms with Gasteiger partial charge in [-0.05, 0) is 24.5 Å². The van der Waals surface area contributed by atoms with Crippen molar-refractivity contribution < 1.29 is 0 Å². The maximum absolute atomic E-state index is 5.15. The van der Waals surface area contributed by atoms with Gasteiger partial charge >= 0.3 is 0 Å². The lowest BCUT2D eigenvalue weighted by molar-refractivity contribution is 0.752. The topological polar surface area (TPSA) is 28.7 Å². The van der Waals surface area contributed by atoms with Gasteiger partial charge in [0.15, 0.2) is 0 Å². The molecular formula is C13H12N2S. The molecule has 0 unspecified atom stereocenters. The number of nitrogens with one attached hydrogen (secondary N) is 1. The van der Waals surface area contributed by atoms with Crippen LogP contribution in [-0.4, -0.2) is 9.97 Å². The summed E-state index contributed by atoms with van der Waals surface area (Å²) in [6, 6.07) is 12.3. The summed E-state index contributed by atoms with van der Waals surface area (Å²) in [6.07, 6.45) is 4.09. The maximum atomic E-state index is 5.15. The van der Waals surface area contributed by atoms with Crippen molar-refractivity contribution in [3.8, 4) is 0 Å². The Kier molecular flexibility index (Phi) is 2.14. The van der Waals surface area contributed by atoms with Gasteiger partial charge in [0.25, 0.3) is 0 Å². The lowest BCUT2D eigenvalue weighted by Gasteiger charge is -2.14. The molecule has 0 amide bonds. The number of nitrogens with zero attached hydrogens (tertiary/aromatic N) is 1. The Morgan fingerprint density at radius 1 is 1.12 bits per heavy atom. The molecule has 1 saturated carbocycles. The highest BCUT2D eigenvalue weighted by Gasteiger charge is 2.47. The first-order valence-electron chi connectivity index (χ1n) is 5.43. The van der Waals surface area contributed by atoms with Gasteiger partial charge in [0.1, 0.15) is 10.5 Å². The summed E-state index contributed by atoms with van der Waals surface area (Å²) in [7, 11) is 0. The van der Waals surface area contributed by atoms with E-state index in [1.807, 2.05) is 12.1 Å². The molecule has 1 aliphatic rings. The van der Waals surface area contributed by atoms with E-state index in [1.165, 1.54) is 5.56 Å². The minimum Gasteiger partial charge on any atom is -0.334 e.